The summed E-state index contributed by atoms with van der Waals surface area (Å²) >= 11 is 1.99. The summed E-state index contributed by atoms with van der Waals surface area (Å²) in [6.07, 6.45) is 4.06. The molecule has 0 aliphatic heterocycles. The molecule has 0 heterocycles. The molecule has 2 atom stereocenters. The van der Waals surface area contributed by atoms with Crippen molar-refractivity contribution in [2.24, 2.45) is 11.8 Å². The van der Waals surface area contributed by atoms with E-state index >= 15 is 0 Å². The van der Waals surface area contributed by atoms with Gasteiger partial charge in [0.2, 0.25) is 0 Å². The van der Waals surface area contributed by atoms with Gasteiger partial charge in [-0.3, -0.25) is 0 Å². The van der Waals surface area contributed by atoms with E-state index in [1.165, 1.54) is 29.7 Å². The van der Waals surface area contributed by atoms with Crippen molar-refractivity contribution in [2.75, 3.05) is 5.73 Å². The Morgan fingerprint density at radius 3 is 2.41 bits per heavy atom. The molecule has 94 valence electrons. The van der Waals surface area contributed by atoms with Gasteiger partial charge in [0.05, 0.1) is 0 Å². The van der Waals surface area contributed by atoms with Crippen LogP contribution in [0.2, 0.25) is 0 Å². The van der Waals surface area contributed by atoms with Crippen molar-refractivity contribution in [3.05, 3.63) is 23.8 Å². The topological polar surface area (TPSA) is 26.0 Å². The van der Waals surface area contributed by atoms with Gasteiger partial charge in [-0.15, -0.1) is 11.8 Å². The van der Waals surface area contributed by atoms with Gasteiger partial charge in [-0.05, 0) is 49.7 Å². The second kappa shape index (κ2) is 5.34. The van der Waals surface area contributed by atoms with Crippen LogP contribution in [0.5, 0.6) is 0 Å². The second-order valence-electron chi connectivity index (χ2n) is 5.64. The minimum Gasteiger partial charge on any atom is -0.398 e. The summed E-state index contributed by atoms with van der Waals surface area (Å²) in [6, 6.07) is 6.37. The summed E-state index contributed by atoms with van der Waals surface area (Å²) in [5, 5.41) is 0.748. The van der Waals surface area contributed by atoms with E-state index in [0.717, 1.165) is 22.8 Å². The van der Waals surface area contributed by atoms with Gasteiger partial charge < -0.3 is 5.73 Å². The molecule has 2 heteroatoms. The highest BCUT2D eigenvalue weighted by atomic mass is 32.2. The van der Waals surface area contributed by atoms with Crippen LogP contribution in [0.15, 0.2) is 23.1 Å². The van der Waals surface area contributed by atoms with Crippen LogP contribution in [0.4, 0.5) is 5.69 Å². The summed E-state index contributed by atoms with van der Waals surface area (Å²) in [7, 11) is 0. The number of rotatable bonds is 2. The van der Waals surface area contributed by atoms with Gasteiger partial charge in [-0.25, -0.2) is 0 Å². The Balaban J connectivity index is 2.07. The molecule has 0 aromatic heterocycles. The fraction of sp³-hybridized carbons (Fsp3) is 0.600. The molecule has 2 N–H and O–H groups in total. The minimum absolute atomic E-state index is 0.748. The van der Waals surface area contributed by atoms with Crippen molar-refractivity contribution in [3.8, 4) is 0 Å². The molecule has 1 aromatic rings. The Morgan fingerprint density at radius 2 is 1.76 bits per heavy atom. The lowest BCUT2D eigenvalue weighted by atomic mass is 9.83. The normalized spacial score (nSPS) is 29.2. The lowest BCUT2D eigenvalue weighted by molar-refractivity contribution is 0.309. The summed E-state index contributed by atoms with van der Waals surface area (Å²) in [5.41, 5.74) is 8.32. The van der Waals surface area contributed by atoms with E-state index in [4.69, 9.17) is 5.73 Å². The van der Waals surface area contributed by atoms with Crippen LogP contribution < -0.4 is 5.73 Å². The molecule has 0 bridgehead atoms. The summed E-state index contributed by atoms with van der Waals surface area (Å²) in [4.78, 5) is 1.27. The number of anilines is 1. The molecule has 0 saturated heterocycles. The average Bonchev–Trinajstić information content (AvgIpc) is 2.23. The van der Waals surface area contributed by atoms with Crippen LogP contribution in [0.1, 0.15) is 38.7 Å². The monoisotopic (exact) mass is 249 g/mol. The van der Waals surface area contributed by atoms with Gasteiger partial charge in [0.15, 0.2) is 0 Å². The number of nitrogens with two attached hydrogens (primary N) is 1. The molecule has 0 radical (unpaired) electrons. The average molecular weight is 249 g/mol. The molecular formula is C15H23NS. The Labute approximate surface area is 109 Å². The summed E-state index contributed by atoms with van der Waals surface area (Å²) < 4.78 is 0. The van der Waals surface area contributed by atoms with Crippen molar-refractivity contribution in [3.63, 3.8) is 0 Å². The first-order valence-electron chi connectivity index (χ1n) is 6.58. The summed E-state index contributed by atoms with van der Waals surface area (Å²) in [6.45, 7) is 6.84. The van der Waals surface area contributed by atoms with Gasteiger partial charge in [0.1, 0.15) is 0 Å². The minimum atomic E-state index is 0.748. The number of thioether (sulfide) groups is 1. The second-order valence-corrected chi connectivity index (χ2v) is 6.99. The zero-order valence-corrected chi connectivity index (χ0v) is 11.9. The fourth-order valence-electron chi connectivity index (χ4n) is 2.91. The quantitative estimate of drug-likeness (QED) is 0.781. The molecule has 0 spiro atoms. The van der Waals surface area contributed by atoms with Crippen LogP contribution in [0.25, 0.3) is 0 Å². The van der Waals surface area contributed by atoms with Gasteiger partial charge in [0, 0.05) is 15.8 Å². The summed E-state index contributed by atoms with van der Waals surface area (Å²) in [5.74, 6) is 1.73. The number of benzene rings is 1. The fourth-order valence-corrected chi connectivity index (χ4v) is 4.56. The van der Waals surface area contributed by atoms with Crippen molar-refractivity contribution in [1.82, 2.24) is 0 Å². The van der Waals surface area contributed by atoms with Gasteiger partial charge in [0.25, 0.3) is 0 Å². The molecule has 1 saturated carbocycles. The maximum absolute atomic E-state index is 6.15. The number of hydrogen-bond acceptors (Lipinski definition) is 2. The standard InChI is InChI=1S/C15H23NS/c1-10-7-11(2)9-13(8-10)17-14-6-4-5-12(3)15(14)16/h4-6,10-11,13H,7-9,16H2,1-3H3. The molecule has 1 fully saturated rings. The van der Waals surface area contributed by atoms with Gasteiger partial charge in [-0.1, -0.05) is 26.0 Å². The van der Waals surface area contributed by atoms with Gasteiger partial charge >= 0.3 is 0 Å². The van der Waals surface area contributed by atoms with Crippen LogP contribution >= 0.6 is 11.8 Å². The molecule has 1 aromatic carbocycles. The first-order chi connectivity index (χ1) is 8.06. The molecule has 1 aliphatic rings. The highest BCUT2D eigenvalue weighted by Crippen LogP contribution is 2.40. The number of aryl methyl sites for hydroxylation is 1. The van der Waals surface area contributed by atoms with E-state index in [9.17, 15) is 0 Å². The molecule has 2 unspecified atom stereocenters. The lowest BCUT2D eigenvalue weighted by Crippen LogP contribution is -2.21. The van der Waals surface area contributed by atoms with E-state index in [2.05, 4.69) is 39.0 Å². The largest absolute Gasteiger partial charge is 0.398 e. The van der Waals surface area contributed by atoms with Crippen LogP contribution in [-0.2, 0) is 0 Å². The predicted molar refractivity (Wildman–Crippen MR) is 77.4 cm³/mol. The zero-order valence-electron chi connectivity index (χ0n) is 11.1. The van der Waals surface area contributed by atoms with Crippen LogP contribution in [0, 0.1) is 18.8 Å². The van der Waals surface area contributed by atoms with Crippen molar-refractivity contribution >= 4 is 17.4 Å². The Bertz CT molecular complexity index is 379. The van der Waals surface area contributed by atoms with E-state index in [1.54, 1.807) is 0 Å². The highest BCUT2D eigenvalue weighted by molar-refractivity contribution is 8.00. The number of hydrogen-bond donors (Lipinski definition) is 1. The number of nitrogen functional groups attached to an aromatic ring is 1. The zero-order chi connectivity index (χ0) is 12.4. The first-order valence-corrected chi connectivity index (χ1v) is 7.46. The SMILES string of the molecule is Cc1cccc(SC2CC(C)CC(C)C2)c1N. The van der Waals surface area contributed by atoms with Gasteiger partial charge in [-0.2, -0.15) is 0 Å². The maximum Gasteiger partial charge on any atom is 0.0482 e. The number of para-hydroxylation sites is 1. The Hall–Kier alpha value is -0.630. The maximum atomic E-state index is 6.15. The first kappa shape index (κ1) is 12.8. The third kappa shape index (κ3) is 3.19. The Kier molecular flexibility index (Phi) is 4.03. The lowest BCUT2D eigenvalue weighted by Gasteiger charge is -2.31. The molecule has 2 rings (SSSR count). The third-order valence-corrected chi connectivity index (χ3v) is 5.04. The molecular weight excluding hydrogens is 226 g/mol. The van der Waals surface area contributed by atoms with Crippen molar-refractivity contribution in [2.45, 2.75) is 50.2 Å². The van der Waals surface area contributed by atoms with E-state index in [0.29, 0.717) is 0 Å². The molecule has 0 amide bonds. The van der Waals surface area contributed by atoms with E-state index < -0.39 is 0 Å². The van der Waals surface area contributed by atoms with E-state index in [1.807, 2.05) is 11.8 Å². The molecule has 17 heavy (non-hydrogen) atoms. The molecule has 1 aliphatic carbocycles. The van der Waals surface area contributed by atoms with E-state index in [-0.39, 0.29) is 0 Å². The van der Waals surface area contributed by atoms with Crippen molar-refractivity contribution < 1.29 is 0 Å². The van der Waals surface area contributed by atoms with Crippen LogP contribution in [0.3, 0.4) is 0 Å². The molecule has 1 nitrogen and oxygen atoms in total. The smallest absolute Gasteiger partial charge is 0.0482 e. The van der Waals surface area contributed by atoms with Crippen LogP contribution in [-0.4, -0.2) is 5.25 Å². The highest BCUT2D eigenvalue weighted by Gasteiger charge is 2.25. The third-order valence-electron chi connectivity index (χ3n) is 3.71. The predicted octanol–water partition coefficient (Wildman–Crippen LogP) is 4.49. The van der Waals surface area contributed by atoms with Crippen molar-refractivity contribution in [1.29, 1.82) is 0 Å². The Morgan fingerprint density at radius 1 is 1.12 bits per heavy atom.